The van der Waals surface area contributed by atoms with E-state index < -0.39 is 10.0 Å². The first-order valence-electron chi connectivity index (χ1n) is 9.42. The van der Waals surface area contributed by atoms with Gasteiger partial charge in [0.1, 0.15) is 10.6 Å². The first-order chi connectivity index (χ1) is 13.5. The zero-order valence-corrected chi connectivity index (χ0v) is 16.7. The maximum atomic E-state index is 12.6. The molecule has 2 heterocycles. The number of aromatic nitrogens is 1. The molecule has 3 rings (SSSR count). The van der Waals surface area contributed by atoms with Crippen LogP contribution in [0.15, 0.2) is 53.7 Å². The Hall–Kier alpha value is -2.45. The number of benzene rings is 1. The lowest BCUT2D eigenvalue weighted by molar-refractivity contribution is 0.0941. The molecule has 7 nitrogen and oxygen atoms in total. The van der Waals surface area contributed by atoms with E-state index in [2.05, 4.69) is 10.3 Å². The van der Waals surface area contributed by atoms with Gasteiger partial charge in [0.2, 0.25) is 10.0 Å². The number of carbonyl (C=O) groups excluding carboxylic acids is 1. The fraction of sp³-hybridized carbons (Fsp3) is 0.400. The van der Waals surface area contributed by atoms with E-state index in [1.165, 1.54) is 10.5 Å². The number of rotatable bonds is 7. The van der Waals surface area contributed by atoms with Gasteiger partial charge in [-0.2, -0.15) is 4.31 Å². The normalized spacial score (nSPS) is 15.9. The Morgan fingerprint density at radius 2 is 1.93 bits per heavy atom. The Morgan fingerprint density at radius 3 is 2.54 bits per heavy atom. The number of ether oxygens (including phenoxy) is 1. The van der Waals surface area contributed by atoms with Crippen molar-refractivity contribution in [3.8, 4) is 5.75 Å². The Bertz CT molecular complexity index is 877. The number of nitrogens with one attached hydrogen (secondary N) is 1. The van der Waals surface area contributed by atoms with Gasteiger partial charge in [-0.05, 0) is 62.1 Å². The zero-order chi connectivity index (χ0) is 20.0. The molecular weight excluding hydrogens is 378 g/mol. The van der Waals surface area contributed by atoms with E-state index >= 15 is 0 Å². The van der Waals surface area contributed by atoms with E-state index in [0.29, 0.717) is 44.6 Å². The Kier molecular flexibility index (Phi) is 6.64. The standard InChI is InChI=1S/C20H25N3O4S/c1-2-27-18-7-5-17(6-8-18)20(24)22-14-16-9-12-23(13-10-16)28(25,26)19-4-3-11-21-15-19/h3-8,11,15-16H,2,9-10,12-14H2,1H3,(H,22,24). The molecule has 1 aliphatic rings. The number of hydrogen-bond acceptors (Lipinski definition) is 5. The maximum absolute atomic E-state index is 12.6. The van der Waals surface area contributed by atoms with Crippen molar-refractivity contribution < 1.29 is 17.9 Å². The number of amides is 1. The minimum Gasteiger partial charge on any atom is -0.494 e. The molecule has 2 aromatic rings. The SMILES string of the molecule is CCOc1ccc(C(=O)NCC2CCN(S(=O)(=O)c3cccnc3)CC2)cc1. The topological polar surface area (TPSA) is 88.6 Å². The summed E-state index contributed by atoms with van der Waals surface area (Å²) in [6.45, 7) is 3.92. The quantitative estimate of drug-likeness (QED) is 0.766. The van der Waals surface area contributed by atoms with Crippen LogP contribution in [0, 0.1) is 5.92 Å². The van der Waals surface area contributed by atoms with Gasteiger partial charge in [0.05, 0.1) is 6.61 Å². The summed E-state index contributed by atoms with van der Waals surface area (Å²) in [4.78, 5) is 16.4. The van der Waals surface area contributed by atoms with E-state index in [0.717, 1.165) is 5.75 Å². The van der Waals surface area contributed by atoms with Crippen molar-refractivity contribution in [2.45, 2.75) is 24.7 Å². The second-order valence-electron chi connectivity index (χ2n) is 6.70. The van der Waals surface area contributed by atoms with Gasteiger partial charge in [-0.25, -0.2) is 8.42 Å². The van der Waals surface area contributed by atoms with Crippen LogP contribution in [0.3, 0.4) is 0 Å². The van der Waals surface area contributed by atoms with E-state index in [1.807, 2.05) is 6.92 Å². The van der Waals surface area contributed by atoms with Crippen LogP contribution in [0.1, 0.15) is 30.1 Å². The van der Waals surface area contributed by atoms with Gasteiger partial charge in [0.15, 0.2) is 0 Å². The summed E-state index contributed by atoms with van der Waals surface area (Å²) in [6.07, 6.45) is 4.35. The summed E-state index contributed by atoms with van der Waals surface area (Å²) in [5.74, 6) is 0.863. The van der Waals surface area contributed by atoms with Crippen LogP contribution >= 0.6 is 0 Å². The number of carbonyl (C=O) groups is 1. The Morgan fingerprint density at radius 1 is 1.21 bits per heavy atom. The van der Waals surface area contributed by atoms with Crippen LogP contribution in [0.25, 0.3) is 0 Å². The molecule has 0 aliphatic carbocycles. The second kappa shape index (κ2) is 9.16. The van der Waals surface area contributed by atoms with Gasteiger partial charge < -0.3 is 10.1 Å². The van der Waals surface area contributed by atoms with Crippen LogP contribution in [-0.4, -0.2) is 49.9 Å². The molecule has 150 valence electrons. The van der Waals surface area contributed by atoms with Crippen molar-refractivity contribution in [2.75, 3.05) is 26.2 Å². The molecule has 1 aliphatic heterocycles. The maximum Gasteiger partial charge on any atom is 0.251 e. The lowest BCUT2D eigenvalue weighted by atomic mass is 9.98. The average Bonchev–Trinajstić information content (AvgIpc) is 2.74. The number of nitrogens with zero attached hydrogens (tertiary/aromatic N) is 2. The highest BCUT2D eigenvalue weighted by atomic mass is 32.2. The summed E-state index contributed by atoms with van der Waals surface area (Å²) in [5, 5.41) is 2.95. The van der Waals surface area contributed by atoms with Crippen molar-refractivity contribution in [1.29, 1.82) is 0 Å². The fourth-order valence-corrected chi connectivity index (χ4v) is 4.65. The van der Waals surface area contributed by atoms with Crippen molar-refractivity contribution in [3.63, 3.8) is 0 Å². The summed E-state index contributed by atoms with van der Waals surface area (Å²) in [5.41, 5.74) is 0.583. The largest absolute Gasteiger partial charge is 0.494 e. The van der Waals surface area contributed by atoms with Gasteiger partial charge in [-0.3, -0.25) is 9.78 Å². The molecule has 0 spiro atoms. The fourth-order valence-electron chi connectivity index (χ4n) is 3.21. The predicted molar refractivity (Wildman–Crippen MR) is 106 cm³/mol. The predicted octanol–water partition coefficient (Wildman–Crippen LogP) is 2.31. The third kappa shape index (κ3) is 4.88. The molecule has 0 radical (unpaired) electrons. The highest BCUT2D eigenvalue weighted by molar-refractivity contribution is 7.89. The molecule has 1 fully saturated rings. The van der Waals surface area contributed by atoms with Gasteiger partial charge in [-0.1, -0.05) is 0 Å². The van der Waals surface area contributed by atoms with E-state index in [9.17, 15) is 13.2 Å². The zero-order valence-electron chi connectivity index (χ0n) is 15.9. The molecule has 0 atom stereocenters. The average molecular weight is 404 g/mol. The summed E-state index contributed by atoms with van der Waals surface area (Å²) >= 11 is 0. The molecule has 0 bridgehead atoms. The third-order valence-corrected chi connectivity index (χ3v) is 6.71. The molecule has 0 unspecified atom stereocenters. The monoisotopic (exact) mass is 403 g/mol. The highest BCUT2D eigenvalue weighted by Crippen LogP contribution is 2.23. The highest BCUT2D eigenvalue weighted by Gasteiger charge is 2.29. The minimum absolute atomic E-state index is 0.131. The molecular formula is C20H25N3O4S. The minimum atomic E-state index is -3.50. The van der Waals surface area contributed by atoms with Gasteiger partial charge in [-0.15, -0.1) is 0 Å². The molecule has 8 heteroatoms. The Balaban J connectivity index is 1.48. The van der Waals surface area contributed by atoms with E-state index in [4.69, 9.17) is 4.74 Å². The number of hydrogen-bond donors (Lipinski definition) is 1. The number of sulfonamides is 1. The van der Waals surface area contributed by atoms with E-state index in [-0.39, 0.29) is 16.7 Å². The van der Waals surface area contributed by atoms with Crippen molar-refractivity contribution in [3.05, 3.63) is 54.4 Å². The smallest absolute Gasteiger partial charge is 0.251 e. The van der Waals surface area contributed by atoms with Crippen LogP contribution < -0.4 is 10.1 Å². The number of piperidine rings is 1. The molecule has 1 saturated heterocycles. The van der Waals surface area contributed by atoms with Crippen LogP contribution in [-0.2, 0) is 10.0 Å². The van der Waals surface area contributed by atoms with Crippen molar-refractivity contribution >= 4 is 15.9 Å². The first kappa shape index (κ1) is 20.3. The van der Waals surface area contributed by atoms with Crippen LogP contribution in [0.2, 0.25) is 0 Å². The second-order valence-corrected chi connectivity index (χ2v) is 8.64. The Labute approximate surface area is 165 Å². The van der Waals surface area contributed by atoms with E-state index in [1.54, 1.807) is 42.6 Å². The third-order valence-electron chi connectivity index (χ3n) is 4.82. The van der Waals surface area contributed by atoms with Crippen molar-refractivity contribution in [1.82, 2.24) is 14.6 Å². The number of pyridine rings is 1. The first-order valence-corrected chi connectivity index (χ1v) is 10.9. The van der Waals surface area contributed by atoms with Crippen LogP contribution in [0.4, 0.5) is 0 Å². The summed E-state index contributed by atoms with van der Waals surface area (Å²) in [6, 6.07) is 10.2. The van der Waals surface area contributed by atoms with Gasteiger partial charge in [0.25, 0.3) is 5.91 Å². The summed E-state index contributed by atoms with van der Waals surface area (Å²) in [7, 11) is -3.50. The molecule has 1 aromatic heterocycles. The molecule has 28 heavy (non-hydrogen) atoms. The van der Waals surface area contributed by atoms with Gasteiger partial charge in [0, 0.05) is 37.6 Å². The van der Waals surface area contributed by atoms with Crippen molar-refractivity contribution in [2.24, 2.45) is 5.92 Å². The lowest BCUT2D eigenvalue weighted by Crippen LogP contribution is -2.41. The molecule has 0 saturated carbocycles. The molecule has 1 aromatic carbocycles. The summed E-state index contributed by atoms with van der Waals surface area (Å²) < 4.78 is 32.1. The van der Waals surface area contributed by atoms with Gasteiger partial charge >= 0.3 is 0 Å². The molecule has 1 amide bonds. The van der Waals surface area contributed by atoms with Crippen LogP contribution in [0.5, 0.6) is 5.75 Å². The lowest BCUT2D eigenvalue weighted by Gasteiger charge is -2.31. The molecule has 1 N–H and O–H groups in total.